The summed E-state index contributed by atoms with van der Waals surface area (Å²) in [6.07, 6.45) is 1.79. The van der Waals surface area contributed by atoms with Crippen LogP contribution < -0.4 is 15.0 Å². The van der Waals surface area contributed by atoms with E-state index in [-0.39, 0.29) is 12.4 Å². The second kappa shape index (κ2) is 5.24. The summed E-state index contributed by atoms with van der Waals surface area (Å²) in [5.74, 6) is 1.37. The van der Waals surface area contributed by atoms with Gasteiger partial charge in [-0.1, -0.05) is 30.3 Å². The van der Waals surface area contributed by atoms with Crippen molar-refractivity contribution in [3.63, 3.8) is 0 Å². The fourth-order valence-corrected chi connectivity index (χ4v) is 3.02. The number of aromatic amines is 1. The average molecular weight is 331 g/mol. The van der Waals surface area contributed by atoms with Crippen molar-refractivity contribution >= 4 is 5.65 Å². The van der Waals surface area contributed by atoms with Crippen molar-refractivity contribution in [1.82, 2.24) is 14.6 Å². The zero-order chi connectivity index (χ0) is 16.8. The SMILES string of the molecule is O=c1cc(-c2ccc3c(c2)OCO3)nc2c(-c3ccccc3)c[nH]n12. The fraction of sp³-hybridized carbons (Fsp3) is 0.0526. The Labute approximate surface area is 142 Å². The van der Waals surface area contributed by atoms with E-state index in [1.165, 1.54) is 10.6 Å². The lowest BCUT2D eigenvalue weighted by atomic mass is 10.1. The quantitative estimate of drug-likeness (QED) is 0.613. The van der Waals surface area contributed by atoms with E-state index in [1.807, 2.05) is 48.5 Å². The zero-order valence-corrected chi connectivity index (χ0v) is 13.1. The lowest BCUT2D eigenvalue weighted by molar-refractivity contribution is 0.174. The van der Waals surface area contributed by atoms with Crippen LogP contribution in [-0.2, 0) is 0 Å². The summed E-state index contributed by atoms with van der Waals surface area (Å²) in [6, 6.07) is 16.9. The van der Waals surface area contributed by atoms with Gasteiger partial charge in [-0.2, -0.15) is 0 Å². The molecule has 122 valence electrons. The first-order valence-electron chi connectivity index (χ1n) is 7.86. The third-order valence-corrected chi connectivity index (χ3v) is 4.25. The highest BCUT2D eigenvalue weighted by atomic mass is 16.7. The predicted molar refractivity (Wildman–Crippen MR) is 92.8 cm³/mol. The summed E-state index contributed by atoms with van der Waals surface area (Å²) >= 11 is 0. The molecular formula is C19H13N3O3. The lowest BCUT2D eigenvalue weighted by Gasteiger charge is -2.04. The number of benzene rings is 2. The molecule has 0 atom stereocenters. The number of ether oxygens (including phenoxy) is 2. The molecule has 5 rings (SSSR count). The van der Waals surface area contributed by atoms with E-state index in [4.69, 9.17) is 14.5 Å². The van der Waals surface area contributed by atoms with Crippen molar-refractivity contribution < 1.29 is 9.47 Å². The molecule has 0 unspecified atom stereocenters. The molecule has 1 N–H and O–H groups in total. The fourth-order valence-electron chi connectivity index (χ4n) is 3.02. The van der Waals surface area contributed by atoms with Crippen molar-refractivity contribution in [3.8, 4) is 33.9 Å². The number of hydrogen-bond acceptors (Lipinski definition) is 4. The smallest absolute Gasteiger partial charge is 0.273 e. The van der Waals surface area contributed by atoms with Gasteiger partial charge in [-0.25, -0.2) is 9.50 Å². The van der Waals surface area contributed by atoms with Crippen molar-refractivity contribution in [2.24, 2.45) is 0 Å². The van der Waals surface area contributed by atoms with Crippen molar-refractivity contribution in [3.05, 3.63) is 71.1 Å². The van der Waals surface area contributed by atoms with Crippen LogP contribution in [0, 0.1) is 0 Å². The van der Waals surface area contributed by atoms with Crippen molar-refractivity contribution in [1.29, 1.82) is 0 Å². The van der Waals surface area contributed by atoms with Gasteiger partial charge in [-0.15, -0.1) is 0 Å². The predicted octanol–water partition coefficient (Wildman–Crippen LogP) is 3.09. The Morgan fingerprint density at radius 2 is 1.80 bits per heavy atom. The summed E-state index contributed by atoms with van der Waals surface area (Å²) in [6.45, 7) is 0.212. The summed E-state index contributed by atoms with van der Waals surface area (Å²) in [7, 11) is 0. The van der Waals surface area contributed by atoms with Gasteiger partial charge >= 0.3 is 0 Å². The van der Waals surface area contributed by atoms with Crippen LogP contribution in [0.4, 0.5) is 0 Å². The highest BCUT2D eigenvalue weighted by Crippen LogP contribution is 2.35. The number of rotatable bonds is 2. The molecule has 0 saturated carbocycles. The number of H-pyrrole nitrogens is 1. The molecule has 2 aromatic heterocycles. The maximum Gasteiger partial charge on any atom is 0.273 e. The zero-order valence-electron chi connectivity index (χ0n) is 13.1. The Morgan fingerprint density at radius 3 is 2.68 bits per heavy atom. The van der Waals surface area contributed by atoms with Crippen LogP contribution in [0.15, 0.2) is 65.6 Å². The van der Waals surface area contributed by atoms with Crippen LogP contribution in [0.2, 0.25) is 0 Å². The van der Waals surface area contributed by atoms with Gasteiger partial charge in [0, 0.05) is 23.4 Å². The summed E-state index contributed by atoms with van der Waals surface area (Å²) < 4.78 is 12.2. The molecule has 4 aromatic rings. The average Bonchev–Trinajstić information content (AvgIpc) is 3.28. The maximum atomic E-state index is 12.5. The highest BCUT2D eigenvalue weighted by molar-refractivity contribution is 5.78. The van der Waals surface area contributed by atoms with Crippen LogP contribution in [-0.4, -0.2) is 21.4 Å². The Hall–Kier alpha value is -3.54. The molecule has 0 bridgehead atoms. The number of nitrogens with one attached hydrogen (secondary N) is 1. The minimum atomic E-state index is -0.167. The van der Waals surface area contributed by atoms with Gasteiger partial charge in [-0.3, -0.25) is 9.89 Å². The van der Waals surface area contributed by atoms with E-state index < -0.39 is 0 Å². The van der Waals surface area contributed by atoms with Crippen LogP contribution in [0.3, 0.4) is 0 Å². The molecule has 2 aromatic carbocycles. The number of aromatic nitrogens is 3. The molecule has 3 heterocycles. The van der Waals surface area contributed by atoms with Gasteiger partial charge in [0.05, 0.1) is 5.69 Å². The third kappa shape index (κ3) is 2.19. The first kappa shape index (κ1) is 13.9. The first-order valence-corrected chi connectivity index (χ1v) is 7.86. The summed E-state index contributed by atoms with van der Waals surface area (Å²) in [4.78, 5) is 17.2. The first-order chi connectivity index (χ1) is 12.3. The van der Waals surface area contributed by atoms with Gasteiger partial charge in [0.2, 0.25) is 6.79 Å². The highest BCUT2D eigenvalue weighted by Gasteiger charge is 2.16. The Morgan fingerprint density at radius 1 is 0.960 bits per heavy atom. The number of fused-ring (bicyclic) bond motifs is 2. The molecule has 0 radical (unpaired) electrons. The minimum Gasteiger partial charge on any atom is -0.454 e. The van der Waals surface area contributed by atoms with E-state index in [0.717, 1.165) is 16.7 Å². The molecule has 0 amide bonds. The van der Waals surface area contributed by atoms with Crippen molar-refractivity contribution in [2.45, 2.75) is 0 Å². The number of nitrogens with zero attached hydrogens (tertiary/aromatic N) is 2. The van der Waals surface area contributed by atoms with Crippen LogP contribution in [0.1, 0.15) is 0 Å². The van der Waals surface area contributed by atoms with E-state index in [9.17, 15) is 4.79 Å². The van der Waals surface area contributed by atoms with E-state index in [0.29, 0.717) is 22.8 Å². The standard InChI is InChI=1S/C19H13N3O3/c23-18-9-15(13-6-7-16-17(8-13)25-11-24-16)21-19-14(10-20-22(18)19)12-4-2-1-3-5-12/h1-10,20H,11H2. The van der Waals surface area contributed by atoms with E-state index in [2.05, 4.69) is 5.10 Å². The maximum absolute atomic E-state index is 12.5. The Bertz CT molecular complexity index is 1150. The number of hydrogen-bond donors (Lipinski definition) is 1. The molecule has 1 aliphatic rings. The van der Waals surface area contributed by atoms with Crippen LogP contribution in [0.25, 0.3) is 28.0 Å². The minimum absolute atomic E-state index is 0.167. The van der Waals surface area contributed by atoms with Gasteiger partial charge < -0.3 is 9.47 Å². The largest absolute Gasteiger partial charge is 0.454 e. The molecule has 0 aliphatic carbocycles. The topological polar surface area (TPSA) is 68.6 Å². The summed E-state index contributed by atoms with van der Waals surface area (Å²) in [5.41, 5.74) is 3.70. The van der Waals surface area contributed by atoms with Gasteiger partial charge in [0.1, 0.15) is 0 Å². The van der Waals surface area contributed by atoms with Crippen LogP contribution in [0.5, 0.6) is 11.5 Å². The third-order valence-electron chi connectivity index (χ3n) is 4.25. The molecule has 6 nitrogen and oxygen atoms in total. The second-order valence-corrected chi connectivity index (χ2v) is 5.76. The molecular weight excluding hydrogens is 318 g/mol. The monoisotopic (exact) mass is 331 g/mol. The molecule has 0 saturated heterocycles. The van der Waals surface area contributed by atoms with Crippen LogP contribution >= 0.6 is 0 Å². The summed E-state index contributed by atoms with van der Waals surface area (Å²) in [5, 5.41) is 2.97. The van der Waals surface area contributed by atoms with Gasteiger partial charge in [-0.05, 0) is 23.8 Å². The normalized spacial score (nSPS) is 12.6. The lowest BCUT2D eigenvalue weighted by Crippen LogP contribution is -2.14. The molecule has 0 spiro atoms. The van der Waals surface area contributed by atoms with E-state index in [1.54, 1.807) is 6.20 Å². The Balaban J connectivity index is 1.71. The van der Waals surface area contributed by atoms with Gasteiger partial charge in [0.15, 0.2) is 17.1 Å². The van der Waals surface area contributed by atoms with E-state index >= 15 is 0 Å². The Kier molecular flexibility index (Phi) is 2.90. The van der Waals surface area contributed by atoms with Crippen molar-refractivity contribution in [2.75, 3.05) is 6.79 Å². The molecule has 1 aliphatic heterocycles. The molecule has 0 fully saturated rings. The molecule has 25 heavy (non-hydrogen) atoms. The van der Waals surface area contributed by atoms with Gasteiger partial charge in [0.25, 0.3) is 5.56 Å². The molecule has 6 heteroatoms. The second-order valence-electron chi connectivity index (χ2n) is 5.76.